The topological polar surface area (TPSA) is 26.2 Å². The molecule has 96 valence electrons. The summed E-state index contributed by atoms with van der Waals surface area (Å²) in [4.78, 5) is 0. The van der Waals surface area contributed by atoms with Crippen molar-refractivity contribution >= 4 is 10.8 Å². The number of ether oxygens (including phenoxy) is 1. The summed E-state index contributed by atoms with van der Waals surface area (Å²) in [6.07, 6.45) is 2.07. The van der Waals surface area contributed by atoms with Gasteiger partial charge in [-0.25, -0.2) is 0 Å². The summed E-state index contributed by atoms with van der Waals surface area (Å²) in [6, 6.07) is 12.1. The maximum Gasteiger partial charge on any atom is 0.248 e. The largest absolute Gasteiger partial charge is 0.496 e. The van der Waals surface area contributed by atoms with Crippen molar-refractivity contribution in [3.05, 3.63) is 48.4 Å². The second kappa shape index (κ2) is 4.43. The minimum absolute atomic E-state index is 0.879. The third-order valence-electron chi connectivity index (χ3n) is 3.31. The second-order valence-electron chi connectivity index (χ2n) is 4.64. The van der Waals surface area contributed by atoms with Gasteiger partial charge in [0.1, 0.15) is 18.6 Å². The average molecular weight is 254 g/mol. The summed E-state index contributed by atoms with van der Waals surface area (Å²) in [5.41, 5.74) is 1.05. The van der Waals surface area contributed by atoms with Crippen LogP contribution in [0.2, 0.25) is 0 Å². The van der Waals surface area contributed by atoms with E-state index in [1.165, 1.54) is 0 Å². The number of aromatic nitrogens is 1. The van der Waals surface area contributed by atoms with Gasteiger partial charge >= 0.3 is 0 Å². The van der Waals surface area contributed by atoms with Crippen LogP contribution in [0.4, 0.5) is 0 Å². The molecule has 0 saturated carbocycles. The van der Waals surface area contributed by atoms with Gasteiger partial charge in [0.25, 0.3) is 0 Å². The normalized spacial score (nSPS) is 10.9. The second-order valence-corrected chi connectivity index (χ2v) is 4.64. The van der Waals surface area contributed by atoms with Crippen LogP contribution >= 0.6 is 0 Å². The SMILES string of the molecule is COc1cccc2cc(-c3ccc(C)o3)[n+](C)cc12. The van der Waals surface area contributed by atoms with E-state index >= 15 is 0 Å². The standard InChI is InChI=1S/C16H16NO2/c1-11-7-8-16(19-11)14-9-12-5-4-6-15(18-3)13(12)10-17(14)2/h4-10H,1-3H3/q+1. The minimum atomic E-state index is 0.879. The molecule has 3 rings (SSSR count). The van der Waals surface area contributed by atoms with E-state index in [-0.39, 0.29) is 0 Å². The lowest BCUT2D eigenvalue weighted by molar-refractivity contribution is -0.659. The van der Waals surface area contributed by atoms with Crippen molar-refractivity contribution in [1.29, 1.82) is 0 Å². The number of pyridine rings is 1. The van der Waals surface area contributed by atoms with Gasteiger partial charge in [0, 0.05) is 6.07 Å². The number of benzene rings is 1. The lowest BCUT2D eigenvalue weighted by atomic mass is 10.1. The zero-order chi connectivity index (χ0) is 13.4. The maximum absolute atomic E-state index is 5.70. The van der Waals surface area contributed by atoms with Crippen molar-refractivity contribution < 1.29 is 13.7 Å². The van der Waals surface area contributed by atoms with E-state index in [4.69, 9.17) is 9.15 Å². The fourth-order valence-corrected chi connectivity index (χ4v) is 2.33. The zero-order valence-corrected chi connectivity index (χ0v) is 11.3. The van der Waals surface area contributed by atoms with Gasteiger partial charge in [-0.3, -0.25) is 0 Å². The summed E-state index contributed by atoms with van der Waals surface area (Å²) in [5.74, 6) is 2.68. The average Bonchev–Trinajstić information content (AvgIpc) is 2.84. The first-order valence-electron chi connectivity index (χ1n) is 6.22. The number of rotatable bonds is 2. The molecule has 3 aromatic rings. The van der Waals surface area contributed by atoms with Crippen LogP contribution in [0.3, 0.4) is 0 Å². The highest BCUT2D eigenvalue weighted by atomic mass is 16.5. The maximum atomic E-state index is 5.70. The lowest BCUT2D eigenvalue weighted by Gasteiger charge is -2.05. The molecule has 0 atom stereocenters. The summed E-state index contributed by atoms with van der Waals surface area (Å²) >= 11 is 0. The van der Waals surface area contributed by atoms with Crippen LogP contribution in [0.25, 0.3) is 22.2 Å². The van der Waals surface area contributed by atoms with Crippen LogP contribution in [0.15, 0.2) is 47.0 Å². The van der Waals surface area contributed by atoms with Crippen molar-refractivity contribution in [2.24, 2.45) is 7.05 Å². The van der Waals surface area contributed by atoms with Gasteiger partial charge in [-0.15, -0.1) is 0 Å². The lowest BCUT2D eigenvalue weighted by Crippen LogP contribution is -2.30. The van der Waals surface area contributed by atoms with Gasteiger partial charge in [0.15, 0.2) is 12.0 Å². The summed E-state index contributed by atoms with van der Waals surface area (Å²) < 4.78 is 13.2. The molecule has 0 N–H and O–H groups in total. The predicted molar refractivity (Wildman–Crippen MR) is 74.1 cm³/mol. The number of fused-ring (bicyclic) bond motifs is 1. The molecular weight excluding hydrogens is 238 g/mol. The first-order chi connectivity index (χ1) is 9.19. The van der Waals surface area contributed by atoms with Crippen LogP contribution in [0, 0.1) is 6.92 Å². The first-order valence-corrected chi connectivity index (χ1v) is 6.22. The quantitative estimate of drug-likeness (QED) is 0.656. The molecular formula is C16H16NO2+. The van der Waals surface area contributed by atoms with Gasteiger partial charge in [-0.05, 0) is 30.5 Å². The molecule has 0 radical (unpaired) electrons. The van der Waals surface area contributed by atoms with Gasteiger partial charge in [0.05, 0.1) is 12.5 Å². The molecule has 1 aromatic carbocycles. The Hall–Kier alpha value is -2.29. The Morgan fingerprint density at radius 2 is 2.00 bits per heavy atom. The van der Waals surface area contributed by atoms with Crippen LogP contribution in [0.5, 0.6) is 5.75 Å². The summed E-state index contributed by atoms with van der Waals surface area (Å²) in [6.45, 7) is 1.95. The molecule has 2 aromatic heterocycles. The number of aryl methyl sites for hydroxylation is 2. The fraction of sp³-hybridized carbons (Fsp3) is 0.188. The Balaban J connectivity index is 2.25. The molecule has 0 amide bonds. The highest BCUT2D eigenvalue weighted by Crippen LogP contribution is 2.27. The first kappa shape index (κ1) is 11.8. The van der Waals surface area contributed by atoms with Crippen molar-refractivity contribution in [2.45, 2.75) is 6.92 Å². The molecule has 19 heavy (non-hydrogen) atoms. The molecule has 0 aliphatic rings. The van der Waals surface area contributed by atoms with Gasteiger partial charge < -0.3 is 9.15 Å². The Bertz CT molecular complexity index is 744. The molecule has 0 saturated heterocycles. The van der Waals surface area contributed by atoms with Crippen LogP contribution < -0.4 is 9.30 Å². The van der Waals surface area contributed by atoms with Crippen molar-refractivity contribution in [1.82, 2.24) is 0 Å². The number of hydrogen-bond donors (Lipinski definition) is 0. The van der Waals surface area contributed by atoms with E-state index in [1.807, 2.05) is 38.2 Å². The number of hydrogen-bond acceptors (Lipinski definition) is 2. The molecule has 0 unspecified atom stereocenters. The van der Waals surface area contributed by atoms with Crippen molar-refractivity contribution in [3.8, 4) is 17.2 Å². The molecule has 0 bridgehead atoms. The van der Waals surface area contributed by atoms with E-state index < -0.39 is 0 Å². The van der Waals surface area contributed by atoms with E-state index in [9.17, 15) is 0 Å². The van der Waals surface area contributed by atoms with Crippen LogP contribution in [0.1, 0.15) is 5.76 Å². The Kier molecular flexibility index (Phi) is 2.75. The molecule has 0 fully saturated rings. The fourth-order valence-electron chi connectivity index (χ4n) is 2.33. The summed E-state index contributed by atoms with van der Waals surface area (Å²) in [7, 11) is 3.71. The smallest absolute Gasteiger partial charge is 0.248 e. The number of methoxy groups -OCH3 is 1. The molecule has 3 heteroatoms. The number of nitrogens with zero attached hydrogens (tertiary/aromatic N) is 1. The van der Waals surface area contributed by atoms with E-state index in [1.54, 1.807) is 7.11 Å². The van der Waals surface area contributed by atoms with Gasteiger partial charge in [-0.2, -0.15) is 4.57 Å². The summed E-state index contributed by atoms with van der Waals surface area (Å²) in [5, 5.41) is 2.24. The highest BCUT2D eigenvalue weighted by molar-refractivity contribution is 5.88. The molecule has 0 spiro atoms. The molecule has 0 aliphatic carbocycles. The van der Waals surface area contributed by atoms with Crippen molar-refractivity contribution in [2.75, 3.05) is 7.11 Å². The molecule has 0 aliphatic heterocycles. The Morgan fingerprint density at radius 3 is 2.68 bits per heavy atom. The van der Waals surface area contributed by atoms with Crippen LogP contribution in [-0.2, 0) is 7.05 Å². The zero-order valence-electron chi connectivity index (χ0n) is 11.3. The molecule has 2 heterocycles. The van der Waals surface area contributed by atoms with Crippen LogP contribution in [-0.4, -0.2) is 7.11 Å². The predicted octanol–water partition coefficient (Wildman–Crippen LogP) is 3.24. The molecule has 3 nitrogen and oxygen atoms in total. The minimum Gasteiger partial charge on any atom is -0.496 e. The third kappa shape index (κ3) is 1.97. The van der Waals surface area contributed by atoms with E-state index in [0.717, 1.165) is 33.7 Å². The van der Waals surface area contributed by atoms with Gasteiger partial charge in [-0.1, -0.05) is 12.1 Å². The van der Waals surface area contributed by atoms with Gasteiger partial charge in [0.2, 0.25) is 5.69 Å². The highest BCUT2D eigenvalue weighted by Gasteiger charge is 2.16. The Labute approximate surface area is 112 Å². The third-order valence-corrected chi connectivity index (χ3v) is 3.31. The van der Waals surface area contributed by atoms with E-state index in [0.29, 0.717) is 0 Å². The van der Waals surface area contributed by atoms with E-state index in [2.05, 4.69) is 22.9 Å². The Morgan fingerprint density at radius 1 is 1.16 bits per heavy atom. The van der Waals surface area contributed by atoms with Crippen molar-refractivity contribution in [3.63, 3.8) is 0 Å². The monoisotopic (exact) mass is 254 g/mol. The number of furan rings is 1.